The summed E-state index contributed by atoms with van der Waals surface area (Å²) in [6.07, 6.45) is 8.93. The zero-order valence-corrected chi connectivity index (χ0v) is 13.9. The van der Waals surface area contributed by atoms with Crippen LogP contribution in [0.3, 0.4) is 0 Å². The third-order valence-corrected chi connectivity index (χ3v) is 4.50. The average molecular weight is 291 g/mol. The predicted octanol–water partition coefficient (Wildman–Crippen LogP) is 3.20. The zero-order valence-electron chi connectivity index (χ0n) is 13.9. The Hall–Kier alpha value is -1.00. The minimum Gasteiger partial charge on any atom is -0.367 e. The number of aromatic nitrogens is 2. The molecule has 0 aliphatic heterocycles. The Balaban J connectivity index is 2.18. The van der Waals surface area contributed by atoms with Gasteiger partial charge in [0.2, 0.25) is 0 Å². The number of nitrogens with zero attached hydrogens (tertiary/aromatic N) is 2. The lowest BCUT2D eigenvalue weighted by Crippen LogP contribution is -2.38. The molecule has 1 aliphatic rings. The van der Waals surface area contributed by atoms with E-state index < -0.39 is 0 Å². The van der Waals surface area contributed by atoms with Gasteiger partial charge in [0, 0.05) is 25.0 Å². The second-order valence-corrected chi connectivity index (χ2v) is 7.19. The molecule has 2 rings (SSSR count). The Morgan fingerprint density at radius 3 is 2.24 bits per heavy atom. The fraction of sp³-hybridized carbons (Fsp3) is 0.765. The highest BCUT2D eigenvalue weighted by molar-refractivity contribution is 5.12. The summed E-state index contributed by atoms with van der Waals surface area (Å²) in [6.45, 7) is 9.40. The van der Waals surface area contributed by atoms with Gasteiger partial charge in [-0.25, -0.2) is 9.97 Å². The molecular formula is C17H29N3O. The molecule has 2 N–H and O–H groups in total. The van der Waals surface area contributed by atoms with E-state index in [1.807, 2.05) is 26.2 Å². The maximum Gasteiger partial charge on any atom is 0.160 e. The van der Waals surface area contributed by atoms with Crippen LogP contribution >= 0.6 is 0 Å². The molecule has 0 amide bonds. The Labute approximate surface area is 128 Å². The predicted molar refractivity (Wildman–Crippen MR) is 84.9 cm³/mol. The number of ether oxygens (including phenoxy) is 1. The van der Waals surface area contributed by atoms with Crippen LogP contribution in [-0.2, 0) is 16.8 Å². The Morgan fingerprint density at radius 1 is 1.19 bits per heavy atom. The molecule has 4 heteroatoms. The SMILES string of the molecule is CCOC1(c2ncc(CC(C)N)cn2)CCC(C)(C)CC1. The number of hydrogen-bond acceptors (Lipinski definition) is 4. The summed E-state index contributed by atoms with van der Waals surface area (Å²) in [5.41, 5.74) is 7.03. The molecule has 21 heavy (non-hydrogen) atoms. The van der Waals surface area contributed by atoms with Crippen LogP contribution < -0.4 is 5.73 Å². The van der Waals surface area contributed by atoms with Gasteiger partial charge in [-0.15, -0.1) is 0 Å². The van der Waals surface area contributed by atoms with Gasteiger partial charge in [0.15, 0.2) is 5.82 Å². The second-order valence-electron chi connectivity index (χ2n) is 7.19. The lowest BCUT2D eigenvalue weighted by atomic mass is 9.70. The lowest BCUT2D eigenvalue weighted by Gasteiger charge is -2.42. The summed E-state index contributed by atoms with van der Waals surface area (Å²) in [7, 11) is 0. The van der Waals surface area contributed by atoms with Crippen molar-refractivity contribution in [1.82, 2.24) is 9.97 Å². The van der Waals surface area contributed by atoms with Crippen LogP contribution in [0.5, 0.6) is 0 Å². The quantitative estimate of drug-likeness (QED) is 0.905. The maximum absolute atomic E-state index is 6.12. The number of rotatable bonds is 5. The minimum atomic E-state index is -0.295. The van der Waals surface area contributed by atoms with Gasteiger partial charge in [-0.05, 0) is 56.9 Å². The summed E-state index contributed by atoms with van der Waals surface area (Å²) in [5, 5.41) is 0. The summed E-state index contributed by atoms with van der Waals surface area (Å²) >= 11 is 0. The van der Waals surface area contributed by atoms with Crippen molar-refractivity contribution in [3.63, 3.8) is 0 Å². The highest BCUT2D eigenvalue weighted by Gasteiger charge is 2.42. The van der Waals surface area contributed by atoms with Crippen molar-refractivity contribution in [3.05, 3.63) is 23.8 Å². The van der Waals surface area contributed by atoms with E-state index in [1.54, 1.807) is 0 Å². The first-order chi connectivity index (χ1) is 9.87. The molecule has 1 aromatic heterocycles. The van der Waals surface area contributed by atoms with Crippen molar-refractivity contribution in [2.75, 3.05) is 6.61 Å². The monoisotopic (exact) mass is 291 g/mol. The number of hydrogen-bond donors (Lipinski definition) is 1. The summed E-state index contributed by atoms with van der Waals surface area (Å²) in [4.78, 5) is 9.20. The molecule has 4 nitrogen and oxygen atoms in total. The fourth-order valence-electron chi connectivity index (χ4n) is 3.11. The van der Waals surface area contributed by atoms with Crippen molar-refractivity contribution in [2.45, 2.75) is 71.4 Å². The third-order valence-electron chi connectivity index (χ3n) is 4.50. The molecule has 1 heterocycles. The topological polar surface area (TPSA) is 61.0 Å². The summed E-state index contributed by atoms with van der Waals surface area (Å²) in [5.74, 6) is 0.841. The van der Waals surface area contributed by atoms with Crippen LogP contribution in [-0.4, -0.2) is 22.6 Å². The van der Waals surface area contributed by atoms with Gasteiger partial charge >= 0.3 is 0 Å². The molecule has 1 atom stereocenters. The van der Waals surface area contributed by atoms with E-state index >= 15 is 0 Å². The van der Waals surface area contributed by atoms with E-state index in [-0.39, 0.29) is 11.6 Å². The van der Waals surface area contributed by atoms with Gasteiger partial charge in [0.25, 0.3) is 0 Å². The van der Waals surface area contributed by atoms with Gasteiger partial charge in [0.05, 0.1) is 0 Å². The van der Waals surface area contributed by atoms with Crippen LogP contribution in [0, 0.1) is 5.41 Å². The van der Waals surface area contributed by atoms with Crippen LogP contribution in [0.4, 0.5) is 0 Å². The number of nitrogens with two attached hydrogens (primary N) is 1. The lowest BCUT2D eigenvalue weighted by molar-refractivity contribution is -0.0948. The van der Waals surface area contributed by atoms with E-state index in [0.29, 0.717) is 12.0 Å². The summed E-state index contributed by atoms with van der Waals surface area (Å²) < 4.78 is 6.12. The van der Waals surface area contributed by atoms with Gasteiger partial charge in [-0.1, -0.05) is 13.8 Å². The molecule has 0 spiro atoms. The van der Waals surface area contributed by atoms with Gasteiger partial charge in [-0.3, -0.25) is 0 Å². The van der Waals surface area contributed by atoms with Gasteiger partial charge < -0.3 is 10.5 Å². The molecule has 1 unspecified atom stereocenters. The Morgan fingerprint density at radius 2 is 1.76 bits per heavy atom. The van der Waals surface area contributed by atoms with E-state index in [1.165, 1.54) is 0 Å². The smallest absolute Gasteiger partial charge is 0.160 e. The normalized spacial score (nSPS) is 22.0. The summed E-state index contributed by atoms with van der Waals surface area (Å²) in [6, 6.07) is 0.135. The molecule has 1 aliphatic carbocycles. The van der Waals surface area contributed by atoms with Crippen molar-refractivity contribution in [1.29, 1.82) is 0 Å². The van der Waals surface area contributed by atoms with Crippen LogP contribution in [0.25, 0.3) is 0 Å². The largest absolute Gasteiger partial charge is 0.367 e. The molecule has 0 bridgehead atoms. The molecular weight excluding hydrogens is 262 g/mol. The molecule has 118 valence electrons. The molecule has 1 fully saturated rings. The first-order valence-electron chi connectivity index (χ1n) is 8.08. The fourth-order valence-corrected chi connectivity index (χ4v) is 3.11. The molecule has 0 radical (unpaired) electrons. The van der Waals surface area contributed by atoms with Crippen LogP contribution in [0.1, 0.15) is 64.8 Å². The molecule has 0 aromatic carbocycles. The average Bonchev–Trinajstić information content (AvgIpc) is 2.42. The molecule has 1 saturated carbocycles. The van der Waals surface area contributed by atoms with E-state index in [4.69, 9.17) is 10.5 Å². The molecule has 1 aromatic rings. The first kappa shape index (κ1) is 16.4. The van der Waals surface area contributed by atoms with Crippen LogP contribution in [0.2, 0.25) is 0 Å². The minimum absolute atomic E-state index is 0.135. The highest BCUT2D eigenvalue weighted by Crippen LogP contribution is 2.46. The van der Waals surface area contributed by atoms with Crippen molar-refractivity contribution in [3.8, 4) is 0 Å². The first-order valence-corrected chi connectivity index (χ1v) is 8.08. The second kappa shape index (κ2) is 6.41. The highest BCUT2D eigenvalue weighted by atomic mass is 16.5. The zero-order chi connectivity index (χ0) is 15.5. The van der Waals surface area contributed by atoms with E-state index in [2.05, 4.69) is 23.8 Å². The van der Waals surface area contributed by atoms with E-state index in [9.17, 15) is 0 Å². The van der Waals surface area contributed by atoms with Crippen molar-refractivity contribution < 1.29 is 4.74 Å². The third kappa shape index (κ3) is 4.01. The van der Waals surface area contributed by atoms with Gasteiger partial charge in [-0.2, -0.15) is 0 Å². The van der Waals surface area contributed by atoms with Crippen molar-refractivity contribution >= 4 is 0 Å². The molecule has 0 saturated heterocycles. The standard InChI is InChI=1S/C17H29N3O/c1-5-21-17(8-6-16(3,4)7-9-17)15-19-11-14(12-20-15)10-13(2)18/h11-13H,5-10,18H2,1-4H3. The van der Waals surface area contributed by atoms with E-state index in [0.717, 1.165) is 43.5 Å². The Bertz CT molecular complexity index is 444. The van der Waals surface area contributed by atoms with Gasteiger partial charge in [0.1, 0.15) is 5.60 Å². The van der Waals surface area contributed by atoms with Crippen LogP contribution in [0.15, 0.2) is 12.4 Å². The van der Waals surface area contributed by atoms with Crippen molar-refractivity contribution in [2.24, 2.45) is 11.1 Å². The maximum atomic E-state index is 6.12. The Kier molecular flexibility index (Phi) is 4.99.